The van der Waals surface area contributed by atoms with Crippen LogP contribution in [0.25, 0.3) is 0 Å². The number of aromatic nitrogens is 2. The van der Waals surface area contributed by atoms with E-state index in [1.165, 1.54) is 26.0 Å². The number of unbranched alkanes of at least 4 members (excludes halogenated alkanes) is 1. The van der Waals surface area contributed by atoms with Gasteiger partial charge in [-0.05, 0) is 18.3 Å². The van der Waals surface area contributed by atoms with E-state index in [0.29, 0.717) is 23.3 Å². The van der Waals surface area contributed by atoms with Gasteiger partial charge in [0.2, 0.25) is 11.8 Å². The summed E-state index contributed by atoms with van der Waals surface area (Å²) in [6.45, 7) is 6.36. The van der Waals surface area contributed by atoms with Gasteiger partial charge >= 0.3 is 5.97 Å². The van der Waals surface area contributed by atoms with Crippen molar-refractivity contribution >= 4 is 29.3 Å². The van der Waals surface area contributed by atoms with E-state index in [2.05, 4.69) is 36.8 Å². The highest BCUT2D eigenvalue weighted by atomic mass is 35.5. The normalized spacial score (nSPS) is 24.6. The molecule has 0 aromatic carbocycles. The maximum absolute atomic E-state index is 11.9. The molecule has 6 nitrogen and oxygen atoms in total. The number of allylic oxidation sites excluding steroid dienone is 2. The lowest BCUT2D eigenvalue weighted by Crippen LogP contribution is -2.51. The van der Waals surface area contributed by atoms with Crippen molar-refractivity contribution in [2.45, 2.75) is 62.2 Å². The number of aliphatic carboxylic acids is 1. The SMILES string of the molecule is CCCCC1(C(Cl)C(=O)O)C=CCC(C)(C)C1Sc1nc(OC)cc(OC)n1. The van der Waals surface area contributed by atoms with Gasteiger partial charge < -0.3 is 14.6 Å². The van der Waals surface area contributed by atoms with Gasteiger partial charge in [0.1, 0.15) is 5.38 Å². The Hall–Kier alpha value is -1.47. The highest BCUT2D eigenvalue weighted by Crippen LogP contribution is 2.56. The molecule has 1 aliphatic carbocycles. The summed E-state index contributed by atoms with van der Waals surface area (Å²) in [6.07, 6.45) is 7.43. The molecule has 0 saturated carbocycles. The van der Waals surface area contributed by atoms with Gasteiger partial charge in [-0.25, -0.2) is 0 Å². The van der Waals surface area contributed by atoms with Crippen molar-refractivity contribution < 1.29 is 19.4 Å². The Bertz CT molecular complexity index is 706. The lowest BCUT2D eigenvalue weighted by Gasteiger charge is -2.50. The molecule has 0 aliphatic heterocycles. The third kappa shape index (κ3) is 4.74. The summed E-state index contributed by atoms with van der Waals surface area (Å²) < 4.78 is 10.5. The molecule has 0 fully saturated rings. The van der Waals surface area contributed by atoms with Crippen LogP contribution in [0.5, 0.6) is 11.8 Å². The van der Waals surface area contributed by atoms with E-state index in [1.807, 2.05) is 6.08 Å². The number of nitrogens with zero attached hydrogens (tertiary/aromatic N) is 2. The maximum Gasteiger partial charge on any atom is 0.322 e. The Morgan fingerprint density at radius 2 is 1.96 bits per heavy atom. The van der Waals surface area contributed by atoms with E-state index in [-0.39, 0.29) is 10.7 Å². The first-order valence-corrected chi connectivity index (χ1v) is 10.7. The van der Waals surface area contributed by atoms with Crippen LogP contribution in [-0.4, -0.2) is 45.9 Å². The topological polar surface area (TPSA) is 81.5 Å². The molecule has 0 spiro atoms. The molecule has 8 heteroatoms. The van der Waals surface area contributed by atoms with E-state index in [4.69, 9.17) is 21.1 Å². The van der Waals surface area contributed by atoms with Gasteiger partial charge in [-0.2, -0.15) is 9.97 Å². The number of alkyl halides is 1. The first-order valence-electron chi connectivity index (χ1n) is 9.38. The van der Waals surface area contributed by atoms with Crippen LogP contribution in [-0.2, 0) is 4.79 Å². The van der Waals surface area contributed by atoms with Crippen LogP contribution in [0.1, 0.15) is 46.5 Å². The fourth-order valence-electron chi connectivity index (χ4n) is 3.80. The molecule has 1 aromatic rings. The summed E-state index contributed by atoms with van der Waals surface area (Å²) in [5.74, 6) is -0.202. The molecule has 28 heavy (non-hydrogen) atoms. The van der Waals surface area contributed by atoms with Crippen molar-refractivity contribution in [1.82, 2.24) is 9.97 Å². The zero-order chi connectivity index (χ0) is 20.9. The average Bonchev–Trinajstić information content (AvgIpc) is 2.67. The highest BCUT2D eigenvalue weighted by molar-refractivity contribution is 7.99. The molecule has 1 aliphatic rings. The Kier molecular flexibility index (Phi) is 7.62. The van der Waals surface area contributed by atoms with E-state index in [1.54, 1.807) is 6.07 Å². The van der Waals surface area contributed by atoms with E-state index in [9.17, 15) is 9.90 Å². The number of carboxylic acid groups (broad SMARTS) is 1. The van der Waals surface area contributed by atoms with Gasteiger partial charge in [0.25, 0.3) is 0 Å². The number of halogens is 1. The Labute approximate surface area is 176 Å². The largest absolute Gasteiger partial charge is 0.481 e. The molecule has 0 amide bonds. The van der Waals surface area contributed by atoms with Gasteiger partial charge in [-0.15, -0.1) is 11.6 Å². The van der Waals surface area contributed by atoms with E-state index in [0.717, 1.165) is 19.3 Å². The second-order valence-electron chi connectivity index (χ2n) is 7.74. The molecular weight excluding hydrogens is 400 g/mol. The molecule has 1 heterocycles. The molecule has 1 N–H and O–H groups in total. The number of thioether (sulfide) groups is 1. The third-order valence-electron chi connectivity index (χ3n) is 5.22. The summed E-state index contributed by atoms with van der Waals surface area (Å²) in [7, 11) is 3.07. The molecule has 0 radical (unpaired) electrons. The number of ether oxygens (including phenoxy) is 2. The number of carbonyl (C=O) groups is 1. The lowest BCUT2D eigenvalue weighted by atomic mass is 9.63. The lowest BCUT2D eigenvalue weighted by molar-refractivity contribution is -0.139. The second kappa shape index (κ2) is 9.35. The average molecular weight is 429 g/mol. The molecule has 156 valence electrons. The standard InChI is InChI=1S/C20H29ClN2O4S/c1-6-7-10-20(15(21)16(24)25)11-8-9-19(2,3)17(20)28-18-22-13(26-4)12-14(23-18)27-5/h8,11-12,15,17H,6-7,9-10H2,1-5H3,(H,24,25). The Morgan fingerprint density at radius 1 is 1.36 bits per heavy atom. The number of carboxylic acids is 1. The smallest absolute Gasteiger partial charge is 0.322 e. The first-order chi connectivity index (χ1) is 13.2. The van der Waals surface area contributed by atoms with Gasteiger partial charge in [0.05, 0.1) is 20.3 Å². The predicted octanol–water partition coefficient (Wildman–Crippen LogP) is 4.81. The monoisotopic (exact) mass is 428 g/mol. The Morgan fingerprint density at radius 3 is 2.46 bits per heavy atom. The summed E-state index contributed by atoms with van der Waals surface area (Å²) in [5, 5.41) is 9.08. The van der Waals surface area contributed by atoms with Crippen LogP contribution in [0.3, 0.4) is 0 Å². The summed E-state index contributed by atoms with van der Waals surface area (Å²) >= 11 is 7.99. The fourth-order valence-corrected chi connectivity index (χ4v) is 5.64. The Balaban J connectivity index is 2.54. The van der Waals surface area contributed by atoms with Crippen molar-refractivity contribution in [1.29, 1.82) is 0 Å². The number of hydrogen-bond donors (Lipinski definition) is 1. The quantitative estimate of drug-likeness (QED) is 0.343. The molecule has 2 rings (SSSR count). The van der Waals surface area contributed by atoms with E-state index < -0.39 is 16.8 Å². The van der Waals surface area contributed by atoms with Gasteiger partial charge in [0.15, 0.2) is 5.16 Å². The minimum absolute atomic E-state index is 0.132. The van der Waals surface area contributed by atoms with Crippen LogP contribution >= 0.6 is 23.4 Å². The molecule has 3 unspecified atom stereocenters. The van der Waals surface area contributed by atoms with Gasteiger partial charge in [0, 0.05) is 10.7 Å². The van der Waals surface area contributed by atoms with Crippen molar-refractivity contribution in [3.63, 3.8) is 0 Å². The zero-order valence-corrected chi connectivity index (χ0v) is 18.6. The van der Waals surface area contributed by atoms with Gasteiger partial charge in [-0.1, -0.05) is 57.5 Å². The number of rotatable bonds is 9. The minimum atomic E-state index is -1.04. The summed E-state index contributed by atoms with van der Waals surface area (Å²) in [6, 6.07) is 1.61. The van der Waals surface area contributed by atoms with Crippen molar-refractivity contribution in [3.8, 4) is 11.8 Å². The van der Waals surface area contributed by atoms with Crippen LogP contribution in [0.2, 0.25) is 0 Å². The van der Waals surface area contributed by atoms with Crippen LogP contribution in [0, 0.1) is 10.8 Å². The molecular formula is C20H29ClN2O4S. The minimum Gasteiger partial charge on any atom is -0.481 e. The zero-order valence-electron chi connectivity index (χ0n) is 17.1. The maximum atomic E-state index is 11.9. The molecule has 0 saturated heterocycles. The van der Waals surface area contributed by atoms with E-state index >= 15 is 0 Å². The van der Waals surface area contributed by atoms with Crippen molar-refractivity contribution in [2.24, 2.45) is 10.8 Å². The fraction of sp³-hybridized carbons (Fsp3) is 0.650. The van der Waals surface area contributed by atoms with Crippen LogP contribution in [0.4, 0.5) is 0 Å². The molecule has 1 aromatic heterocycles. The second-order valence-corrected chi connectivity index (χ2v) is 9.25. The molecule has 0 bridgehead atoms. The highest BCUT2D eigenvalue weighted by Gasteiger charge is 2.53. The van der Waals surface area contributed by atoms with Crippen LogP contribution in [0.15, 0.2) is 23.4 Å². The van der Waals surface area contributed by atoms with Gasteiger partial charge in [-0.3, -0.25) is 4.79 Å². The predicted molar refractivity (Wildman–Crippen MR) is 112 cm³/mol. The van der Waals surface area contributed by atoms with Crippen LogP contribution < -0.4 is 9.47 Å². The first kappa shape index (κ1) is 22.8. The summed E-state index contributed by atoms with van der Waals surface area (Å²) in [5.41, 5.74) is -0.912. The van der Waals surface area contributed by atoms with Crippen molar-refractivity contribution in [2.75, 3.05) is 14.2 Å². The molecule has 3 atom stereocenters. The number of hydrogen-bond acceptors (Lipinski definition) is 6. The number of methoxy groups -OCH3 is 2. The third-order valence-corrected chi connectivity index (χ3v) is 7.52. The summed E-state index contributed by atoms with van der Waals surface area (Å²) in [4.78, 5) is 20.8. The van der Waals surface area contributed by atoms with Crippen molar-refractivity contribution in [3.05, 3.63) is 18.2 Å².